The lowest BCUT2D eigenvalue weighted by Crippen LogP contribution is -2.30. The fraction of sp³-hybridized carbons (Fsp3) is 0.412. The molecule has 0 saturated carbocycles. The van der Waals surface area contributed by atoms with E-state index in [4.69, 9.17) is 27.9 Å². The van der Waals surface area contributed by atoms with E-state index in [2.05, 4.69) is 17.3 Å². The maximum atomic E-state index is 12.7. The van der Waals surface area contributed by atoms with Gasteiger partial charge < -0.3 is 10.1 Å². The molecule has 1 aliphatic rings. The van der Waals surface area contributed by atoms with Crippen molar-refractivity contribution in [2.24, 2.45) is 0 Å². The van der Waals surface area contributed by atoms with E-state index in [0.717, 1.165) is 29.9 Å². The van der Waals surface area contributed by atoms with Crippen molar-refractivity contribution in [2.75, 3.05) is 6.61 Å². The van der Waals surface area contributed by atoms with Crippen LogP contribution >= 0.6 is 23.2 Å². The van der Waals surface area contributed by atoms with Gasteiger partial charge in [0.2, 0.25) is 0 Å². The first-order chi connectivity index (χ1) is 11.4. The van der Waals surface area contributed by atoms with E-state index in [0.29, 0.717) is 28.0 Å². The van der Waals surface area contributed by atoms with Gasteiger partial charge in [0.25, 0.3) is 5.91 Å². The van der Waals surface area contributed by atoms with Gasteiger partial charge in [0.1, 0.15) is 17.4 Å². The second kappa shape index (κ2) is 6.65. The van der Waals surface area contributed by atoms with Crippen molar-refractivity contribution in [1.82, 2.24) is 15.1 Å². The maximum absolute atomic E-state index is 12.7. The van der Waals surface area contributed by atoms with Crippen LogP contribution in [0.5, 0.6) is 5.75 Å². The minimum absolute atomic E-state index is 0.153. The third-order valence-electron chi connectivity index (χ3n) is 4.20. The largest absolute Gasteiger partial charge is 0.489 e. The average Bonchev–Trinajstić information content (AvgIpc) is 3.05. The summed E-state index contributed by atoms with van der Waals surface area (Å²) in [6.45, 7) is 6.98. The molecule has 1 atom stereocenters. The molecular formula is C17H19Cl2N3O2. The van der Waals surface area contributed by atoms with Crippen LogP contribution in [-0.2, 0) is 6.54 Å². The maximum Gasteiger partial charge on any atom is 0.255 e. The molecule has 0 bridgehead atoms. The molecule has 2 heterocycles. The van der Waals surface area contributed by atoms with Gasteiger partial charge in [-0.05, 0) is 26.3 Å². The summed E-state index contributed by atoms with van der Waals surface area (Å²) in [6.07, 6.45) is 0.964. The van der Waals surface area contributed by atoms with Crippen LogP contribution in [0.4, 0.5) is 0 Å². The highest BCUT2D eigenvalue weighted by Gasteiger charge is 2.30. The number of aromatic nitrogens is 2. The fourth-order valence-corrected chi connectivity index (χ4v) is 3.40. The van der Waals surface area contributed by atoms with Gasteiger partial charge in [0.15, 0.2) is 0 Å². The third kappa shape index (κ3) is 2.87. The highest BCUT2D eigenvalue weighted by molar-refractivity contribution is 6.43. The van der Waals surface area contributed by atoms with Crippen molar-refractivity contribution in [3.8, 4) is 5.75 Å². The van der Waals surface area contributed by atoms with E-state index >= 15 is 0 Å². The Bertz CT molecular complexity index is 802. The molecule has 1 aliphatic heterocycles. The van der Waals surface area contributed by atoms with Crippen molar-refractivity contribution < 1.29 is 9.53 Å². The predicted octanol–water partition coefficient (Wildman–Crippen LogP) is 4.08. The molecule has 1 N–H and O–H groups in total. The van der Waals surface area contributed by atoms with E-state index < -0.39 is 0 Å². The molecule has 5 nitrogen and oxygen atoms in total. The van der Waals surface area contributed by atoms with Gasteiger partial charge in [-0.1, -0.05) is 36.2 Å². The van der Waals surface area contributed by atoms with Gasteiger partial charge in [0.05, 0.1) is 22.3 Å². The van der Waals surface area contributed by atoms with E-state index in [1.165, 1.54) is 0 Å². The Kier molecular flexibility index (Phi) is 4.74. The number of hydrogen-bond donors (Lipinski definition) is 1. The summed E-state index contributed by atoms with van der Waals surface area (Å²) in [6, 6.07) is 3.30. The van der Waals surface area contributed by atoms with Crippen LogP contribution in [0.15, 0.2) is 12.1 Å². The molecule has 2 aromatic rings. The first-order valence-corrected chi connectivity index (χ1v) is 8.65. The van der Waals surface area contributed by atoms with Gasteiger partial charge in [0, 0.05) is 17.8 Å². The second-order valence-corrected chi connectivity index (χ2v) is 6.67. The average molecular weight is 368 g/mol. The zero-order chi connectivity index (χ0) is 17.4. The van der Waals surface area contributed by atoms with Gasteiger partial charge in [-0.25, -0.2) is 0 Å². The Hall–Kier alpha value is -1.72. The molecule has 0 spiro atoms. The number of carbonyl (C=O) groups excluding carboxylic acids is 1. The number of nitrogens with one attached hydrogen (secondary N) is 1. The SMILES string of the molecule is CCCn1nc(C)c(C(=O)N[C@@H]2COc3c2ccc(Cl)c3Cl)c1C. The van der Waals surface area contributed by atoms with Crippen LogP contribution in [0.3, 0.4) is 0 Å². The molecule has 0 unspecified atom stereocenters. The zero-order valence-corrected chi connectivity index (χ0v) is 15.3. The van der Waals surface area contributed by atoms with Crippen molar-refractivity contribution in [2.45, 2.75) is 39.8 Å². The monoisotopic (exact) mass is 367 g/mol. The number of benzene rings is 1. The molecule has 24 heavy (non-hydrogen) atoms. The second-order valence-electron chi connectivity index (χ2n) is 5.89. The summed E-state index contributed by atoms with van der Waals surface area (Å²) in [5.41, 5.74) is 3.07. The van der Waals surface area contributed by atoms with E-state index in [-0.39, 0.29) is 11.9 Å². The molecule has 7 heteroatoms. The van der Waals surface area contributed by atoms with E-state index in [1.807, 2.05) is 24.6 Å². The number of aryl methyl sites for hydroxylation is 2. The first-order valence-electron chi connectivity index (χ1n) is 7.89. The molecule has 0 fully saturated rings. The standard InChI is InChI=1S/C17H19Cl2N3O2/c1-4-7-22-10(3)14(9(2)21-22)17(23)20-13-8-24-16-11(13)5-6-12(18)15(16)19/h5-6,13H,4,7-8H2,1-3H3,(H,20,23)/t13-/m1/s1. The zero-order valence-electron chi connectivity index (χ0n) is 13.8. The molecule has 1 amide bonds. The highest BCUT2D eigenvalue weighted by Crippen LogP contribution is 2.42. The number of carbonyl (C=O) groups is 1. The van der Waals surface area contributed by atoms with Gasteiger partial charge in [-0.3, -0.25) is 9.48 Å². The quantitative estimate of drug-likeness (QED) is 0.885. The van der Waals surface area contributed by atoms with Crippen molar-refractivity contribution in [3.63, 3.8) is 0 Å². The van der Waals surface area contributed by atoms with Gasteiger partial charge in [-0.15, -0.1) is 0 Å². The van der Waals surface area contributed by atoms with Crippen molar-refractivity contribution in [3.05, 3.63) is 44.7 Å². The summed E-state index contributed by atoms with van der Waals surface area (Å²) < 4.78 is 7.49. The predicted molar refractivity (Wildman–Crippen MR) is 94.2 cm³/mol. The van der Waals surface area contributed by atoms with Crippen LogP contribution < -0.4 is 10.1 Å². The molecule has 128 valence electrons. The molecule has 0 aliphatic carbocycles. The first kappa shape index (κ1) is 17.1. The Morgan fingerprint density at radius 2 is 2.17 bits per heavy atom. The molecule has 0 saturated heterocycles. The topological polar surface area (TPSA) is 56.2 Å². The van der Waals surface area contributed by atoms with E-state index in [1.54, 1.807) is 6.07 Å². The minimum Gasteiger partial charge on any atom is -0.489 e. The Morgan fingerprint density at radius 1 is 1.42 bits per heavy atom. The summed E-state index contributed by atoms with van der Waals surface area (Å²) in [5.74, 6) is 0.393. The summed E-state index contributed by atoms with van der Waals surface area (Å²) >= 11 is 12.2. The van der Waals surface area contributed by atoms with Crippen molar-refractivity contribution in [1.29, 1.82) is 0 Å². The Morgan fingerprint density at radius 3 is 2.88 bits per heavy atom. The molecule has 1 aromatic heterocycles. The minimum atomic E-state index is -0.254. The molecule has 0 radical (unpaired) electrons. The fourth-order valence-electron chi connectivity index (χ4n) is 3.03. The van der Waals surface area contributed by atoms with Crippen LogP contribution in [0.25, 0.3) is 0 Å². The molecule has 1 aromatic carbocycles. The van der Waals surface area contributed by atoms with Crippen LogP contribution in [0.2, 0.25) is 10.0 Å². The number of halogens is 2. The Balaban J connectivity index is 1.84. The molecular weight excluding hydrogens is 349 g/mol. The lowest BCUT2D eigenvalue weighted by molar-refractivity contribution is 0.0929. The number of rotatable bonds is 4. The molecule has 3 rings (SSSR count). The number of hydrogen-bond acceptors (Lipinski definition) is 3. The number of ether oxygens (including phenoxy) is 1. The van der Waals surface area contributed by atoms with Crippen LogP contribution in [-0.4, -0.2) is 22.3 Å². The Labute approximate surface area is 150 Å². The smallest absolute Gasteiger partial charge is 0.255 e. The van der Waals surface area contributed by atoms with Crippen LogP contribution in [0, 0.1) is 13.8 Å². The lowest BCUT2D eigenvalue weighted by Gasteiger charge is -2.12. The number of amides is 1. The summed E-state index contributed by atoms with van der Waals surface area (Å²) in [5, 5.41) is 8.29. The number of fused-ring (bicyclic) bond motifs is 1. The normalized spacial score (nSPS) is 16.0. The van der Waals surface area contributed by atoms with Crippen molar-refractivity contribution >= 4 is 29.1 Å². The highest BCUT2D eigenvalue weighted by atomic mass is 35.5. The van der Waals surface area contributed by atoms with Gasteiger partial charge >= 0.3 is 0 Å². The summed E-state index contributed by atoms with van der Waals surface area (Å²) in [7, 11) is 0. The van der Waals surface area contributed by atoms with E-state index in [9.17, 15) is 4.79 Å². The van der Waals surface area contributed by atoms with Crippen LogP contribution in [0.1, 0.15) is 46.7 Å². The third-order valence-corrected chi connectivity index (χ3v) is 4.99. The summed E-state index contributed by atoms with van der Waals surface area (Å²) in [4.78, 5) is 12.7. The lowest BCUT2D eigenvalue weighted by atomic mass is 10.1. The van der Waals surface area contributed by atoms with Gasteiger partial charge in [-0.2, -0.15) is 5.10 Å². The number of nitrogens with zero attached hydrogens (tertiary/aromatic N) is 2.